The van der Waals surface area contributed by atoms with Gasteiger partial charge in [-0.2, -0.15) is 16.3 Å². The number of aromatic nitrogens is 2. The van der Waals surface area contributed by atoms with Crippen molar-refractivity contribution < 1.29 is 9.32 Å². The summed E-state index contributed by atoms with van der Waals surface area (Å²) >= 11 is 1.58. The number of hydrogen-bond donors (Lipinski definition) is 1. The van der Waals surface area contributed by atoms with Gasteiger partial charge in [-0.1, -0.05) is 31.1 Å². The van der Waals surface area contributed by atoms with Gasteiger partial charge < -0.3 is 9.84 Å². The SMILES string of the molecule is CC(C)c1cccc(NC(=O)CCc2nc(-c3ccsc3)no2)c1. The lowest BCUT2D eigenvalue weighted by molar-refractivity contribution is -0.116. The monoisotopic (exact) mass is 341 g/mol. The topological polar surface area (TPSA) is 68.0 Å². The van der Waals surface area contributed by atoms with Gasteiger partial charge in [0.2, 0.25) is 17.6 Å². The molecule has 1 N–H and O–H groups in total. The van der Waals surface area contributed by atoms with Crippen molar-refractivity contribution in [1.29, 1.82) is 0 Å². The van der Waals surface area contributed by atoms with Crippen LogP contribution in [0.1, 0.15) is 37.6 Å². The maximum Gasteiger partial charge on any atom is 0.227 e. The Morgan fingerprint density at radius 2 is 2.21 bits per heavy atom. The quantitative estimate of drug-likeness (QED) is 0.717. The van der Waals surface area contributed by atoms with E-state index in [-0.39, 0.29) is 5.91 Å². The molecule has 0 spiro atoms. The van der Waals surface area contributed by atoms with Crippen molar-refractivity contribution in [3.8, 4) is 11.4 Å². The number of amides is 1. The van der Waals surface area contributed by atoms with Crippen molar-refractivity contribution in [2.45, 2.75) is 32.6 Å². The van der Waals surface area contributed by atoms with Crippen molar-refractivity contribution >= 4 is 22.9 Å². The Labute approximate surface area is 144 Å². The highest BCUT2D eigenvalue weighted by Crippen LogP contribution is 2.20. The lowest BCUT2D eigenvalue weighted by Gasteiger charge is -2.09. The Morgan fingerprint density at radius 1 is 1.33 bits per heavy atom. The number of aryl methyl sites for hydroxylation is 1. The molecule has 0 radical (unpaired) electrons. The van der Waals surface area contributed by atoms with Crippen molar-refractivity contribution in [1.82, 2.24) is 10.1 Å². The second-order valence-corrected chi connectivity index (χ2v) is 6.63. The normalized spacial score (nSPS) is 11.0. The standard InChI is InChI=1S/C18H19N3O2S/c1-12(2)13-4-3-5-15(10-13)19-16(22)6-7-17-20-18(21-23-17)14-8-9-24-11-14/h3-5,8-12H,6-7H2,1-2H3,(H,19,22). The maximum atomic E-state index is 12.1. The molecule has 2 aromatic heterocycles. The number of anilines is 1. The number of nitrogens with zero attached hydrogens (tertiary/aromatic N) is 2. The average molecular weight is 341 g/mol. The molecule has 1 aromatic carbocycles. The van der Waals surface area contributed by atoms with E-state index in [2.05, 4.69) is 35.4 Å². The van der Waals surface area contributed by atoms with E-state index in [0.29, 0.717) is 30.5 Å². The zero-order valence-electron chi connectivity index (χ0n) is 13.7. The molecule has 5 nitrogen and oxygen atoms in total. The van der Waals surface area contributed by atoms with Crippen molar-refractivity contribution in [2.75, 3.05) is 5.32 Å². The third-order valence-corrected chi connectivity index (χ3v) is 4.33. The Kier molecular flexibility index (Phi) is 5.05. The summed E-state index contributed by atoms with van der Waals surface area (Å²) in [7, 11) is 0. The van der Waals surface area contributed by atoms with Gasteiger partial charge in [0.05, 0.1) is 0 Å². The molecule has 1 amide bonds. The summed E-state index contributed by atoms with van der Waals surface area (Å²) in [5, 5.41) is 10.8. The van der Waals surface area contributed by atoms with Crippen LogP contribution in [0.5, 0.6) is 0 Å². The van der Waals surface area contributed by atoms with E-state index >= 15 is 0 Å². The smallest absolute Gasteiger partial charge is 0.227 e. The highest BCUT2D eigenvalue weighted by atomic mass is 32.1. The largest absolute Gasteiger partial charge is 0.339 e. The molecule has 0 saturated heterocycles. The summed E-state index contributed by atoms with van der Waals surface area (Å²) in [5.74, 6) is 1.40. The minimum Gasteiger partial charge on any atom is -0.339 e. The molecule has 0 atom stereocenters. The van der Waals surface area contributed by atoms with Crippen LogP contribution in [0.4, 0.5) is 5.69 Å². The van der Waals surface area contributed by atoms with Gasteiger partial charge in [-0.3, -0.25) is 4.79 Å². The first kappa shape index (κ1) is 16.4. The van der Waals surface area contributed by atoms with Crippen LogP contribution in [0, 0.1) is 0 Å². The molecule has 0 fully saturated rings. The lowest BCUT2D eigenvalue weighted by atomic mass is 10.0. The first-order valence-electron chi connectivity index (χ1n) is 7.87. The summed E-state index contributed by atoms with van der Waals surface area (Å²) in [6.07, 6.45) is 0.726. The predicted octanol–water partition coefficient (Wildman–Crippen LogP) is 4.49. The van der Waals surface area contributed by atoms with Gasteiger partial charge in [-0.05, 0) is 35.1 Å². The van der Waals surface area contributed by atoms with E-state index in [0.717, 1.165) is 11.3 Å². The summed E-state index contributed by atoms with van der Waals surface area (Å²) in [6.45, 7) is 4.25. The fourth-order valence-corrected chi connectivity index (χ4v) is 2.92. The van der Waals surface area contributed by atoms with Crippen molar-refractivity contribution in [2.24, 2.45) is 0 Å². The molecule has 124 valence electrons. The molecule has 6 heteroatoms. The van der Waals surface area contributed by atoms with Crippen LogP contribution >= 0.6 is 11.3 Å². The van der Waals surface area contributed by atoms with E-state index in [1.165, 1.54) is 5.56 Å². The van der Waals surface area contributed by atoms with Crippen LogP contribution < -0.4 is 5.32 Å². The van der Waals surface area contributed by atoms with E-state index in [1.807, 2.05) is 35.0 Å². The zero-order chi connectivity index (χ0) is 16.9. The molecule has 0 saturated carbocycles. The Hall–Kier alpha value is -2.47. The highest BCUT2D eigenvalue weighted by Gasteiger charge is 2.11. The lowest BCUT2D eigenvalue weighted by Crippen LogP contribution is -2.12. The van der Waals surface area contributed by atoms with Crippen LogP contribution in [0.2, 0.25) is 0 Å². The fourth-order valence-electron chi connectivity index (χ4n) is 2.28. The van der Waals surface area contributed by atoms with Gasteiger partial charge in [0.1, 0.15) is 0 Å². The summed E-state index contributed by atoms with van der Waals surface area (Å²) in [4.78, 5) is 16.4. The second kappa shape index (κ2) is 7.40. The van der Waals surface area contributed by atoms with Gasteiger partial charge >= 0.3 is 0 Å². The van der Waals surface area contributed by atoms with Crippen molar-refractivity contribution in [3.05, 3.63) is 52.5 Å². The molecule has 0 unspecified atom stereocenters. The first-order chi connectivity index (χ1) is 11.6. The van der Waals surface area contributed by atoms with E-state index < -0.39 is 0 Å². The molecular weight excluding hydrogens is 322 g/mol. The van der Waals surface area contributed by atoms with E-state index in [1.54, 1.807) is 11.3 Å². The fraction of sp³-hybridized carbons (Fsp3) is 0.278. The van der Waals surface area contributed by atoms with Crippen LogP contribution in [-0.4, -0.2) is 16.0 Å². The molecule has 0 aliphatic rings. The van der Waals surface area contributed by atoms with Crippen molar-refractivity contribution in [3.63, 3.8) is 0 Å². The van der Waals surface area contributed by atoms with E-state index in [4.69, 9.17) is 4.52 Å². The van der Waals surface area contributed by atoms with Crippen LogP contribution in [-0.2, 0) is 11.2 Å². The van der Waals surface area contributed by atoms with Gasteiger partial charge in [0, 0.05) is 29.5 Å². The second-order valence-electron chi connectivity index (χ2n) is 5.85. The minimum absolute atomic E-state index is 0.0637. The summed E-state index contributed by atoms with van der Waals surface area (Å²) < 4.78 is 5.20. The van der Waals surface area contributed by atoms with Gasteiger partial charge in [-0.15, -0.1) is 0 Å². The highest BCUT2D eigenvalue weighted by molar-refractivity contribution is 7.08. The maximum absolute atomic E-state index is 12.1. The van der Waals surface area contributed by atoms with Crippen LogP contribution in [0.25, 0.3) is 11.4 Å². The third-order valence-electron chi connectivity index (χ3n) is 3.65. The van der Waals surface area contributed by atoms with Gasteiger partial charge in [-0.25, -0.2) is 0 Å². The minimum atomic E-state index is -0.0637. The number of rotatable bonds is 6. The molecule has 3 rings (SSSR count). The Morgan fingerprint density at radius 3 is 2.96 bits per heavy atom. The number of carbonyl (C=O) groups excluding carboxylic acids is 1. The number of hydrogen-bond acceptors (Lipinski definition) is 5. The molecule has 0 aliphatic carbocycles. The number of nitrogens with one attached hydrogen (secondary N) is 1. The number of benzene rings is 1. The van der Waals surface area contributed by atoms with E-state index in [9.17, 15) is 4.79 Å². The summed E-state index contributed by atoms with van der Waals surface area (Å²) in [6, 6.07) is 9.85. The molecule has 0 bridgehead atoms. The Balaban J connectivity index is 1.55. The molecule has 3 aromatic rings. The van der Waals surface area contributed by atoms with Gasteiger partial charge in [0.15, 0.2) is 0 Å². The molecule has 2 heterocycles. The van der Waals surface area contributed by atoms with Crippen LogP contribution in [0.15, 0.2) is 45.6 Å². The first-order valence-corrected chi connectivity index (χ1v) is 8.81. The molecule has 24 heavy (non-hydrogen) atoms. The van der Waals surface area contributed by atoms with Crippen LogP contribution in [0.3, 0.4) is 0 Å². The third kappa shape index (κ3) is 4.08. The molecule has 0 aliphatic heterocycles. The number of carbonyl (C=O) groups is 1. The molecular formula is C18H19N3O2S. The summed E-state index contributed by atoms with van der Waals surface area (Å²) in [5.41, 5.74) is 2.95. The predicted molar refractivity (Wildman–Crippen MR) is 95.1 cm³/mol. The number of thiophene rings is 1. The van der Waals surface area contributed by atoms with Gasteiger partial charge in [0.25, 0.3) is 0 Å². The zero-order valence-corrected chi connectivity index (χ0v) is 14.5. The Bertz CT molecular complexity index is 809. The average Bonchev–Trinajstić information content (AvgIpc) is 3.24.